The van der Waals surface area contributed by atoms with Gasteiger partial charge in [0.05, 0.1) is 0 Å². The Kier molecular flexibility index (Phi) is 8.83. The molecule has 296 valence electrons. The number of furan rings is 2. The Balaban J connectivity index is 0.942. The second kappa shape index (κ2) is 15.3. The van der Waals surface area contributed by atoms with Crippen LogP contribution in [0.15, 0.2) is 245 Å². The molecule has 12 aromatic rings. The number of hydrogen-bond donors (Lipinski definition) is 0. The van der Waals surface area contributed by atoms with Gasteiger partial charge in [-0.1, -0.05) is 170 Å². The standard InChI is InChI=1S/C60H39NO2/c1-2-14-41(15-3-1)47-16-4-6-18-49(47)51-20-8-9-21-52(51)50-19-7-5-17-48(50)42-28-33-45(34-29-42)61(46-35-37-59-56(39-46)54-23-11-13-25-58(54)62-59)44-31-26-40(27-32-44)43-30-36-55-53-22-10-12-24-57(53)63-60(55)38-43/h1-39H. The van der Waals surface area contributed by atoms with Gasteiger partial charge in [0.1, 0.15) is 22.3 Å². The van der Waals surface area contributed by atoms with E-state index in [0.29, 0.717) is 0 Å². The molecule has 0 aliphatic rings. The summed E-state index contributed by atoms with van der Waals surface area (Å²) >= 11 is 0. The molecule has 0 fully saturated rings. The van der Waals surface area contributed by atoms with E-state index in [1.807, 2.05) is 24.3 Å². The number of benzene rings is 10. The fourth-order valence-corrected chi connectivity index (χ4v) is 9.31. The van der Waals surface area contributed by atoms with Crippen LogP contribution in [0.5, 0.6) is 0 Å². The molecule has 2 aromatic heterocycles. The molecule has 0 unspecified atom stereocenters. The Labute approximate surface area is 365 Å². The van der Waals surface area contributed by atoms with E-state index in [1.165, 1.54) is 38.9 Å². The van der Waals surface area contributed by atoms with E-state index in [4.69, 9.17) is 8.83 Å². The van der Waals surface area contributed by atoms with Crippen molar-refractivity contribution in [3.8, 4) is 55.6 Å². The normalized spacial score (nSPS) is 11.5. The minimum atomic E-state index is 0.870. The lowest BCUT2D eigenvalue weighted by atomic mass is 9.87. The van der Waals surface area contributed by atoms with Crippen LogP contribution in [0, 0.1) is 0 Å². The highest BCUT2D eigenvalue weighted by Crippen LogP contribution is 2.44. The Morgan fingerprint density at radius 2 is 0.619 bits per heavy atom. The van der Waals surface area contributed by atoms with Gasteiger partial charge in [0.15, 0.2) is 0 Å². The maximum Gasteiger partial charge on any atom is 0.136 e. The molecule has 0 saturated carbocycles. The third-order valence-corrected chi connectivity index (χ3v) is 12.3. The molecule has 2 heterocycles. The fraction of sp³-hybridized carbons (Fsp3) is 0. The van der Waals surface area contributed by atoms with Crippen LogP contribution >= 0.6 is 0 Å². The van der Waals surface area contributed by atoms with E-state index >= 15 is 0 Å². The summed E-state index contributed by atoms with van der Waals surface area (Å²) in [6.07, 6.45) is 0. The molecule has 3 nitrogen and oxygen atoms in total. The van der Waals surface area contributed by atoms with Gasteiger partial charge in [-0.15, -0.1) is 0 Å². The predicted octanol–water partition coefficient (Wildman–Crippen LogP) is 17.3. The van der Waals surface area contributed by atoms with Gasteiger partial charge in [-0.25, -0.2) is 0 Å². The van der Waals surface area contributed by atoms with Crippen molar-refractivity contribution in [2.24, 2.45) is 0 Å². The van der Waals surface area contributed by atoms with Crippen molar-refractivity contribution in [2.75, 3.05) is 4.90 Å². The van der Waals surface area contributed by atoms with Gasteiger partial charge >= 0.3 is 0 Å². The number of hydrogen-bond acceptors (Lipinski definition) is 3. The zero-order valence-electron chi connectivity index (χ0n) is 34.3. The summed E-state index contributed by atoms with van der Waals surface area (Å²) in [7, 11) is 0. The van der Waals surface area contributed by atoms with E-state index in [0.717, 1.165) is 77.6 Å². The van der Waals surface area contributed by atoms with Gasteiger partial charge in [-0.05, 0) is 122 Å². The van der Waals surface area contributed by atoms with Crippen molar-refractivity contribution in [3.05, 3.63) is 237 Å². The van der Waals surface area contributed by atoms with E-state index in [-0.39, 0.29) is 0 Å². The molecule has 0 atom stereocenters. The topological polar surface area (TPSA) is 29.5 Å². The first-order valence-electron chi connectivity index (χ1n) is 21.4. The summed E-state index contributed by atoms with van der Waals surface area (Å²) in [5.41, 5.74) is 18.5. The van der Waals surface area contributed by atoms with Crippen LogP contribution in [-0.4, -0.2) is 0 Å². The molecule has 0 aliphatic carbocycles. The SMILES string of the molecule is c1ccc(-c2ccccc2-c2ccccc2-c2ccccc2-c2ccc(N(c3ccc(-c4ccc5c(c4)oc4ccccc45)cc3)c3ccc4oc5ccccc5c4c3)cc2)cc1. The Morgan fingerprint density at radius 3 is 1.22 bits per heavy atom. The first-order chi connectivity index (χ1) is 31.2. The maximum atomic E-state index is 6.26. The second-order valence-electron chi connectivity index (χ2n) is 16.0. The molecule has 0 spiro atoms. The van der Waals surface area contributed by atoms with E-state index < -0.39 is 0 Å². The van der Waals surface area contributed by atoms with E-state index in [9.17, 15) is 0 Å². The minimum Gasteiger partial charge on any atom is -0.456 e. The van der Waals surface area contributed by atoms with Crippen molar-refractivity contribution in [3.63, 3.8) is 0 Å². The van der Waals surface area contributed by atoms with Crippen LogP contribution in [0.25, 0.3) is 99.5 Å². The van der Waals surface area contributed by atoms with Crippen LogP contribution in [0.1, 0.15) is 0 Å². The third kappa shape index (κ3) is 6.46. The monoisotopic (exact) mass is 805 g/mol. The van der Waals surface area contributed by atoms with Gasteiger partial charge in [-0.3, -0.25) is 0 Å². The van der Waals surface area contributed by atoms with Crippen molar-refractivity contribution >= 4 is 60.9 Å². The largest absolute Gasteiger partial charge is 0.456 e. The number of rotatable bonds is 8. The second-order valence-corrected chi connectivity index (χ2v) is 16.0. The average Bonchev–Trinajstić information content (AvgIpc) is 3.93. The highest BCUT2D eigenvalue weighted by molar-refractivity contribution is 6.07. The van der Waals surface area contributed by atoms with Crippen LogP contribution in [0.3, 0.4) is 0 Å². The molecular weight excluding hydrogens is 767 g/mol. The highest BCUT2D eigenvalue weighted by Gasteiger charge is 2.19. The van der Waals surface area contributed by atoms with Crippen molar-refractivity contribution in [1.29, 1.82) is 0 Å². The van der Waals surface area contributed by atoms with Gasteiger partial charge in [0, 0.05) is 38.6 Å². The third-order valence-electron chi connectivity index (χ3n) is 12.3. The quantitative estimate of drug-likeness (QED) is 0.153. The molecule has 3 heteroatoms. The lowest BCUT2D eigenvalue weighted by Gasteiger charge is -2.26. The molecule has 0 aliphatic heterocycles. The Hall–Kier alpha value is -8.40. The van der Waals surface area contributed by atoms with Gasteiger partial charge in [-0.2, -0.15) is 0 Å². The number of anilines is 3. The zero-order valence-corrected chi connectivity index (χ0v) is 34.3. The van der Waals surface area contributed by atoms with E-state index in [1.54, 1.807) is 0 Å². The first kappa shape index (κ1) is 36.5. The first-order valence-corrected chi connectivity index (χ1v) is 21.4. The summed E-state index contributed by atoms with van der Waals surface area (Å²) < 4.78 is 12.5. The van der Waals surface area contributed by atoms with Gasteiger partial charge in [0.2, 0.25) is 0 Å². The molecule has 10 aromatic carbocycles. The predicted molar refractivity (Wildman–Crippen MR) is 263 cm³/mol. The minimum absolute atomic E-state index is 0.870. The lowest BCUT2D eigenvalue weighted by molar-refractivity contribution is 0.668. The zero-order chi connectivity index (χ0) is 41.7. The molecule has 0 radical (unpaired) electrons. The maximum absolute atomic E-state index is 6.26. The van der Waals surface area contributed by atoms with Gasteiger partial charge < -0.3 is 13.7 Å². The van der Waals surface area contributed by atoms with Gasteiger partial charge in [0.25, 0.3) is 0 Å². The summed E-state index contributed by atoms with van der Waals surface area (Å²) in [5, 5.41) is 4.45. The van der Waals surface area contributed by atoms with Crippen LogP contribution < -0.4 is 4.90 Å². The van der Waals surface area contributed by atoms with Crippen LogP contribution in [-0.2, 0) is 0 Å². The molecule has 63 heavy (non-hydrogen) atoms. The summed E-state index contributed by atoms with van der Waals surface area (Å²) in [6, 6.07) is 84.2. The van der Waals surface area contributed by atoms with Crippen LogP contribution in [0.2, 0.25) is 0 Å². The smallest absolute Gasteiger partial charge is 0.136 e. The highest BCUT2D eigenvalue weighted by atomic mass is 16.3. The molecule has 0 amide bonds. The Morgan fingerprint density at radius 1 is 0.222 bits per heavy atom. The van der Waals surface area contributed by atoms with Crippen LogP contribution in [0.4, 0.5) is 17.1 Å². The van der Waals surface area contributed by atoms with Crippen molar-refractivity contribution < 1.29 is 8.83 Å². The number of nitrogens with zero attached hydrogens (tertiary/aromatic N) is 1. The summed E-state index contributed by atoms with van der Waals surface area (Å²) in [5.74, 6) is 0. The van der Waals surface area contributed by atoms with E-state index in [2.05, 4.69) is 217 Å². The molecule has 12 rings (SSSR count). The average molecular weight is 806 g/mol. The molecular formula is C60H39NO2. The Bertz CT molecular complexity index is 3620. The number of para-hydroxylation sites is 2. The number of fused-ring (bicyclic) bond motifs is 6. The molecule has 0 N–H and O–H groups in total. The molecule has 0 bridgehead atoms. The van der Waals surface area contributed by atoms with Crippen molar-refractivity contribution in [2.45, 2.75) is 0 Å². The molecule has 0 saturated heterocycles. The lowest BCUT2D eigenvalue weighted by Crippen LogP contribution is -2.09. The summed E-state index contributed by atoms with van der Waals surface area (Å²) in [4.78, 5) is 2.33. The van der Waals surface area contributed by atoms with Crippen molar-refractivity contribution in [1.82, 2.24) is 0 Å². The fourth-order valence-electron chi connectivity index (χ4n) is 9.31. The summed E-state index contributed by atoms with van der Waals surface area (Å²) in [6.45, 7) is 0.